The summed E-state index contributed by atoms with van der Waals surface area (Å²) in [4.78, 5) is 21.9. The van der Waals surface area contributed by atoms with Gasteiger partial charge in [0.05, 0.1) is 5.92 Å². The fraction of sp³-hybridized carbons (Fsp3) is 0.778. The van der Waals surface area contributed by atoms with Crippen molar-refractivity contribution in [3.05, 3.63) is 0 Å². The quantitative estimate of drug-likeness (QED) is 0.657. The van der Waals surface area contributed by atoms with Crippen LogP contribution in [0.3, 0.4) is 0 Å². The maximum atomic E-state index is 13.5. The van der Waals surface area contributed by atoms with Crippen molar-refractivity contribution in [2.24, 2.45) is 23.5 Å². The number of Topliss-reactive ketones (excluding diaryl/α,β-unsaturated/α-hetero) is 1. The highest BCUT2D eigenvalue weighted by molar-refractivity contribution is 5.83. The van der Waals surface area contributed by atoms with E-state index in [0.29, 0.717) is 0 Å². The highest BCUT2D eigenvalue weighted by Gasteiger charge is 2.47. The SMILES string of the molecule is CC(=O)[C@@H]1C[C@H](C(N)=O)[C@@H](F)[C@H]1CO. The van der Waals surface area contributed by atoms with Crippen LogP contribution in [0, 0.1) is 17.8 Å². The second-order valence-electron chi connectivity index (χ2n) is 3.75. The molecule has 1 amide bonds. The van der Waals surface area contributed by atoms with E-state index in [2.05, 4.69) is 0 Å². The summed E-state index contributed by atoms with van der Waals surface area (Å²) in [5.74, 6) is -3.21. The molecule has 3 N–H and O–H groups in total. The minimum atomic E-state index is -1.49. The molecule has 0 saturated heterocycles. The molecular weight excluding hydrogens is 189 g/mol. The molecule has 4 nitrogen and oxygen atoms in total. The normalized spacial score (nSPS) is 37.1. The van der Waals surface area contributed by atoms with Gasteiger partial charge in [-0.25, -0.2) is 4.39 Å². The Hall–Kier alpha value is -0.970. The van der Waals surface area contributed by atoms with Gasteiger partial charge < -0.3 is 10.8 Å². The first kappa shape index (κ1) is 11.1. The van der Waals surface area contributed by atoms with Crippen LogP contribution in [0.2, 0.25) is 0 Å². The number of carbonyl (C=O) groups is 2. The van der Waals surface area contributed by atoms with E-state index in [1.165, 1.54) is 6.92 Å². The second kappa shape index (κ2) is 4.04. The number of aliphatic hydroxyl groups is 1. The van der Waals surface area contributed by atoms with Crippen molar-refractivity contribution >= 4 is 11.7 Å². The predicted molar refractivity (Wildman–Crippen MR) is 46.9 cm³/mol. The summed E-state index contributed by atoms with van der Waals surface area (Å²) in [6, 6.07) is 0. The van der Waals surface area contributed by atoms with Crippen LogP contribution in [0.5, 0.6) is 0 Å². The number of amides is 1. The van der Waals surface area contributed by atoms with Gasteiger partial charge in [-0.3, -0.25) is 9.59 Å². The lowest BCUT2D eigenvalue weighted by Gasteiger charge is -2.15. The lowest BCUT2D eigenvalue weighted by molar-refractivity contribution is -0.123. The molecule has 0 heterocycles. The van der Waals surface area contributed by atoms with Crippen LogP contribution >= 0.6 is 0 Å². The van der Waals surface area contributed by atoms with Gasteiger partial charge in [-0.05, 0) is 13.3 Å². The maximum absolute atomic E-state index is 13.5. The number of alkyl halides is 1. The molecule has 1 saturated carbocycles. The van der Waals surface area contributed by atoms with Crippen LogP contribution < -0.4 is 5.73 Å². The van der Waals surface area contributed by atoms with Gasteiger partial charge in [0.25, 0.3) is 0 Å². The highest BCUT2D eigenvalue weighted by atomic mass is 19.1. The molecule has 0 radical (unpaired) electrons. The van der Waals surface area contributed by atoms with E-state index in [1.807, 2.05) is 0 Å². The van der Waals surface area contributed by atoms with Gasteiger partial charge >= 0.3 is 0 Å². The van der Waals surface area contributed by atoms with Crippen LogP contribution in [-0.2, 0) is 9.59 Å². The van der Waals surface area contributed by atoms with Gasteiger partial charge in [0.15, 0.2) is 0 Å². The van der Waals surface area contributed by atoms with Gasteiger partial charge in [-0.1, -0.05) is 0 Å². The second-order valence-corrected chi connectivity index (χ2v) is 3.75. The maximum Gasteiger partial charge on any atom is 0.223 e. The molecule has 1 aliphatic carbocycles. The molecule has 80 valence electrons. The zero-order chi connectivity index (χ0) is 10.9. The summed E-state index contributed by atoms with van der Waals surface area (Å²) in [6.07, 6.45) is -1.37. The summed E-state index contributed by atoms with van der Waals surface area (Å²) in [7, 11) is 0. The van der Waals surface area contributed by atoms with E-state index in [0.717, 1.165) is 0 Å². The Bertz CT molecular complexity index is 256. The Labute approximate surface area is 81.3 Å². The number of rotatable bonds is 3. The van der Waals surface area contributed by atoms with Crippen LogP contribution in [0.4, 0.5) is 4.39 Å². The molecular formula is C9H14FNO3. The minimum Gasteiger partial charge on any atom is -0.396 e. The Morgan fingerprint density at radius 1 is 1.50 bits per heavy atom. The lowest BCUT2D eigenvalue weighted by Crippen LogP contribution is -2.31. The Morgan fingerprint density at radius 2 is 2.07 bits per heavy atom. The number of ketones is 1. The summed E-state index contributed by atoms with van der Waals surface area (Å²) in [5, 5.41) is 8.91. The Morgan fingerprint density at radius 3 is 2.36 bits per heavy atom. The first-order chi connectivity index (χ1) is 6.49. The predicted octanol–water partition coefficient (Wildman–Crippen LogP) is -0.357. The molecule has 0 aromatic rings. The monoisotopic (exact) mass is 203 g/mol. The molecule has 0 bridgehead atoms. The summed E-state index contributed by atoms with van der Waals surface area (Å²) in [5.41, 5.74) is 5.00. The van der Waals surface area contributed by atoms with Crippen molar-refractivity contribution < 1.29 is 19.1 Å². The number of hydrogen-bond acceptors (Lipinski definition) is 3. The van der Waals surface area contributed by atoms with Gasteiger partial charge in [0.1, 0.15) is 12.0 Å². The van der Waals surface area contributed by atoms with Crippen molar-refractivity contribution in [2.45, 2.75) is 19.5 Å². The van der Waals surface area contributed by atoms with Crippen LogP contribution in [0.1, 0.15) is 13.3 Å². The molecule has 4 atom stereocenters. The molecule has 0 spiro atoms. The third-order valence-electron chi connectivity index (χ3n) is 2.92. The van der Waals surface area contributed by atoms with E-state index in [-0.39, 0.29) is 12.2 Å². The van der Waals surface area contributed by atoms with Gasteiger partial charge in [-0.15, -0.1) is 0 Å². The van der Waals surface area contributed by atoms with Crippen molar-refractivity contribution in [1.82, 2.24) is 0 Å². The highest BCUT2D eigenvalue weighted by Crippen LogP contribution is 2.38. The van der Waals surface area contributed by atoms with Crippen molar-refractivity contribution in [1.29, 1.82) is 0 Å². The van der Waals surface area contributed by atoms with E-state index >= 15 is 0 Å². The molecule has 1 aliphatic rings. The average Bonchev–Trinajstić information content (AvgIpc) is 2.42. The molecule has 0 unspecified atom stereocenters. The summed E-state index contributed by atoms with van der Waals surface area (Å²) in [6.45, 7) is 0.915. The van der Waals surface area contributed by atoms with E-state index in [1.54, 1.807) is 0 Å². The topological polar surface area (TPSA) is 80.4 Å². The number of hydrogen-bond donors (Lipinski definition) is 2. The fourth-order valence-electron chi connectivity index (χ4n) is 2.07. The molecule has 0 aliphatic heterocycles. The number of primary amides is 1. The number of nitrogens with two attached hydrogens (primary N) is 1. The number of aliphatic hydroxyl groups excluding tert-OH is 1. The number of halogens is 1. The molecule has 1 fully saturated rings. The van der Waals surface area contributed by atoms with Gasteiger partial charge in [-0.2, -0.15) is 0 Å². The van der Waals surface area contributed by atoms with E-state index in [9.17, 15) is 14.0 Å². The molecule has 14 heavy (non-hydrogen) atoms. The first-order valence-corrected chi connectivity index (χ1v) is 4.53. The van der Waals surface area contributed by atoms with Crippen molar-refractivity contribution in [3.63, 3.8) is 0 Å². The van der Waals surface area contributed by atoms with Gasteiger partial charge in [0, 0.05) is 18.4 Å². The van der Waals surface area contributed by atoms with E-state index < -0.39 is 36.4 Å². The zero-order valence-electron chi connectivity index (χ0n) is 7.94. The Kier molecular flexibility index (Phi) is 3.21. The van der Waals surface area contributed by atoms with Crippen LogP contribution in [-0.4, -0.2) is 29.6 Å². The average molecular weight is 203 g/mol. The summed E-state index contributed by atoms with van der Waals surface area (Å²) < 4.78 is 13.5. The standard InChI is InChI=1S/C9H14FNO3/c1-4(13)5-2-6(9(11)14)8(10)7(5)3-12/h5-8,12H,2-3H2,1H3,(H2,11,14)/t5-,6-,7-,8+/m0/s1. The molecule has 0 aromatic carbocycles. The first-order valence-electron chi connectivity index (χ1n) is 4.53. The molecule has 0 aromatic heterocycles. The molecule has 5 heteroatoms. The van der Waals surface area contributed by atoms with Crippen LogP contribution in [0.15, 0.2) is 0 Å². The third-order valence-corrected chi connectivity index (χ3v) is 2.92. The third kappa shape index (κ3) is 1.77. The zero-order valence-corrected chi connectivity index (χ0v) is 7.94. The number of carbonyl (C=O) groups excluding carboxylic acids is 2. The van der Waals surface area contributed by atoms with Gasteiger partial charge in [0.2, 0.25) is 5.91 Å². The summed E-state index contributed by atoms with van der Waals surface area (Å²) >= 11 is 0. The van der Waals surface area contributed by atoms with Crippen LogP contribution in [0.25, 0.3) is 0 Å². The van der Waals surface area contributed by atoms with Crippen molar-refractivity contribution in [2.75, 3.05) is 6.61 Å². The Balaban J connectivity index is 2.83. The van der Waals surface area contributed by atoms with E-state index in [4.69, 9.17) is 10.8 Å². The largest absolute Gasteiger partial charge is 0.396 e. The smallest absolute Gasteiger partial charge is 0.223 e. The fourth-order valence-corrected chi connectivity index (χ4v) is 2.07. The van der Waals surface area contributed by atoms with Crippen molar-refractivity contribution in [3.8, 4) is 0 Å². The molecule has 1 rings (SSSR count). The lowest BCUT2D eigenvalue weighted by atomic mass is 9.93. The minimum absolute atomic E-state index is 0.122.